The van der Waals surface area contributed by atoms with E-state index in [2.05, 4.69) is 35.1 Å². The van der Waals surface area contributed by atoms with E-state index in [1.54, 1.807) is 0 Å². The largest absolute Gasteiger partial charge is 0.369 e. The number of nitrogens with zero attached hydrogens (tertiary/aromatic N) is 2. The molecular formula is C22H30N4O2S. The molecule has 0 radical (unpaired) electrons. The first kappa shape index (κ1) is 21.5. The molecule has 1 fully saturated rings. The summed E-state index contributed by atoms with van der Waals surface area (Å²) in [4.78, 5) is 31.6. The van der Waals surface area contributed by atoms with Gasteiger partial charge in [0.15, 0.2) is 0 Å². The molecule has 1 aliphatic heterocycles. The van der Waals surface area contributed by atoms with Crippen molar-refractivity contribution in [2.75, 3.05) is 18.4 Å². The van der Waals surface area contributed by atoms with Gasteiger partial charge in [-0.3, -0.25) is 14.5 Å². The van der Waals surface area contributed by atoms with Crippen LogP contribution < -0.4 is 11.1 Å². The molecule has 2 amide bonds. The summed E-state index contributed by atoms with van der Waals surface area (Å²) in [5.41, 5.74) is 8.13. The molecular weight excluding hydrogens is 384 g/mol. The Labute approximate surface area is 176 Å². The Hall–Kier alpha value is -2.25. The number of rotatable bonds is 7. The van der Waals surface area contributed by atoms with E-state index in [1.807, 2.05) is 25.1 Å². The molecule has 2 heterocycles. The summed E-state index contributed by atoms with van der Waals surface area (Å²) in [6.07, 6.45) is 2.52. The second-order valence-electron chi connectivity index (χ2n) is 8.23. The fourth-order valence-electron chi connectivity index (χ4n) is 3.67. The molecule has 0 unspecified atom stereocenters. The van der Waals surface area contributed by atoms with E-state index in [9.17, 15) is 9.59 Å². The number of carbonyl (C=O) groups excluding carboxylic acids is 2. The predicted molar refractivity (Wildman–Crippen MR) is 117 cm³/mol. The lowest BCUT2D eigenvalue weighted by Gasteiger charge is -2.30. The summed E-state index contributed by atoms with van der Waals surface area (Å²) >= 11 is 1.48. The highest BCUT2D eigenvalue weighted by Crippen LogP contribution is 2.23. The molecule has 0 atom stereocenters. The third kappa shape index (κ3) is 5.87. The van der Waals surface area contributed by atoms with Crippen molar-refractivity contribution in [3.05, 3.63) is 45.4 Å². The lowest BCUT2D eigenvalue weighted by atomic mass is 9.96. The first-order valence-electron chi connectivity index (χ1n) is 10.2. The minimum absolute atomic E-state index is 0.0000966. The molecule has 2 aromatic rings. The smallest absolute Gasteiger partial charge is 0.267 e. The molecule has 1 saturated heterocycles. The fraction of sp³-hybridized carbons (Fsp3) is 0.500. The van der Waals surface area contributed by atoms with E-state index < -0.39 is 0 Å². The quantitative estimate of drug-likeness (QED) is 0.724. The number of primary amides is 1. The molecule has 6 nitrogen and oxygen atoms in total. The minimum atomic E-state index is -0.190. The normalized spacial score (nSPS) is 15.6. The van der Waals surface area contributed by atoms with Gasteiger partial charge in [-0.25, -0.2) is 4.98 Å². The second kappa shape index (κ2) is 9.50. The Balaban J connectivity index is 1.61. The highest BCUT2D eigenvalue weighted by atomic mass is 32.1. The van der Waals surface area contributed by atoms with Crippen LogP contribution in [-0.4, -0.2) is 34.8 Å². The number of aromatic nitrogens is 1. The van der Waals surface area contributed by atoms with Gasteiger partial charge in [-0.05, 0) is 56.5 Å². The Morgan fingerprint density at radius 1 is 1.31 bits per heavy atom. The lowest BCUT2D eigenvalue weighted by molar-refractivity contribution is -0.123. The van der Waals surface area contributed by atoms with E-state index in [-0.39, 0.29) is 17.7 Å². The van der Waals surface area contributed by atoms with Crippen LogP contribution in [0.5, 0.6) is 0 Å². The Kier molecular flexibility index (Phi) is 7.03. The van der Waals surface area contributed by atoms with Crippen molar-refractivity contribution < 1.29 is 9.59 Å². The van der Waals surface area contributed by atoms with E-state index in [0.29, 0.717) is 10.8 Å². The monoisotopic (exact) mass is 414 g/mol. The van der Waals surface area contributed by atoms with Crippen molar-refractivity contribution in [1.82, 2.24) is 9.88 Å². The van der Waals surface area contributed by atoms with Crippen LogP contribution in [0, 0.1) is 18.8 Å². The number of nitrogens with two attached hydrogens (primary N) is 1. The number of hydrogen-bond acceptors (Lipinski definition) is 5. The molecule has 29 heavy (non-hydrogen) atoms. The van der Waals surface area contributed by atoms with Gasteiger partial charge in [0.2, 0.25) is 5.91 Å². The fourth-order valence-corrected chi connectivity index (χ4v) is 4.84. The summed E-state index contributed by atoms with van der Waals surface area (Å²) in [6.45, 7) is 8.72. The summed E-state index contributed by atoms with van der Waals surface area (Å²) in [7, 11) is 0. The zero-order valence-corrected chi connectivity index (χ0v) is 18.2. The number of amides is 2. The number of benzene rings is 1. The molecule has 0 aliphatic carbocycles. The Morgan fingerprint density at radius 3 is 2.69 bits per heavy atom. The number of nitrogens with one attached hydrogen (secondary N) is 1. The van der Waals surface area contributed by atoms with Gasteiger partial charge in [0.05, 0.1) is 10.7 Å². The minimum Gasteiger partial charge on any atom is -0.369 e. The Bertz CT molecular complexity index is 869. The average molecular weight is 415 g/mol. The van der Waals surface area contributed by atoms with Crippen molar-refractivity contribution in [2.45, 2.75) is 46.6 Å². The number of piperidine rings is 1. The van der Waals surface area contributed by atoms with Crippen LogP contribution in [-0.2, 0) is 17.8 Å². The second-order valence-corrected chi connectivity index (χ2v) is 9.31. The molecule has 1 aromatic carbocycles. The number of aryl methyl sites for hydroxylation is 1. The van der Waals surface area contributed by atoms with Crippen LogP contribution in [0.15, 0.2) is 24.3 Å². The maximum absolute atomic E-state index is 12.7. The average Bonchev–Trinajstić information content (AvgIpc) is 3.02. The molecule has 1 aliphatic rings. The number of thiazole rings is 1. The molecule has 0 bridgehead atoms. The van der Waals surface area contributed by atoms with Crippen LogP contribution in [0.25, 0.3) is 0 Å². The summed E-state index contributed by atoms with van der Waals surface area (Å²) in [6, 6.07) is 7.95. The van der Waals surface area contributed by atoms with Gasteiger partial charge in [-0.1, -0.05) is 26.0 Å². The number of anilines is 1. The molecule has 3 rings (SSSR count). The van der Waals surface area contributed by atoms with Gasteiger partial charge in [0.25, 0.3) is 5.91 Å². The van der Waals surface area contributed by atoms with Gasteiger partial charge in [0, 0.05) is 24.6 Å². The number of carbonyl (C=O) groups is 2. The van der Waals surface area contributed by atoms with E-state index in [0.717, 1.165) is 60.8 Å². The van der Waals surface area contributed by atoms with Gasteiger partial charge in [-0.2, -0.15) is 0 Å². The molecule has 7 heteroatoms. The van der Waals surface area contributed by atoms with Crippen molar-refractivity contribution in [2.24, 2.45) is 17.6 Å². The highest BCUT2D eigenvalue weighted by Gasteiger charge is 2.23. The van der Waals surface area contributed by atoms with Crippen LogP contribution in [0.1, 0.15) is 52.6 Å². The van der Waals surface area contributed by atoms with Crippen LogP contribution in [0.4, 0.5) is 5.69 Å². The molecule has 156 valence electrons. The lowest BCUT2D eigenvalue weighted by Crippen LogP contribution is -2.38. The molecule has 1 aromatic heterocycles. The SMILES string of the molecule is Cc1nc(CC(C)C)sc1C(=O)Nc1cccc(CN2CCC(C(N)=O)CC2)c1. The maximum atomic E-state index is 12.7. The molecule has 0 spiro atoms. The van der Waals surface area contributed by atoms with Crippen molar-refractivity contribution in [3.8, 4) is 0 Å². The highest BCUT2D eigenvalue weighted by molar-refractivity contribution is 7.13. The number of hydrogen-bond donors (Lipinski definition) is 2. The first-order valence-corrected chi connectivity index (χ1v) is 11.0. The third-order valence-corrected chi connectivity index (χ3v) is 6.39. The van der Waals surface area contributed by atoms with E-state index in [1.165, 1.54) is 11.3 Å². The zero-order valence-electron chi connectivity index (χ0n) is 17.4. The van der Waals surface area contributed by atoms with Crippen LogP contribution in [0.3, 0.4) is 0 Å². The van der Waals surface area contributed by atoms with Crippen molar-refractivity contribution in [3.63, 3.8) is 0 Å². The van der Waals surface area contributed by atoms with Crippen LogP contribution >= 0.6 is 11.3 Å². The van der Waals surface area contributed by atoms with Crippen molar-refractivity contribution in [1.29, 1.82) is 0 Å². The van der Waals surface area contributed by atoms with E-state index in [4.69, 9.17) is 5.73 Å². The third-order valence-electron chi connectivity index (χ3n) is 5.21. The maximum Gasteiger partial charge on any atom is 0.267 e. The number of likely N-dealkylation sites (tertiary alicyclic amines) is 1. The topological polar surface area (TPSA) is 88.3 Å². The first-order chi connectivity index (χ1) is 13.8. The predicted octanol–water partition coefficient (Wildman–Crippen LogP) is 3.60. The summed E-state index contributed by atoms with van der Waals surface area (Å²) in [5.74, 6) is 0.222. The van der Waals surface area contributed by atoms with Gasteiger partial charge < -0.3 is 11.1 Å². The van der Waals surface area contributed by atoms with Gasteiger partial charge in [-0.15, -0.1) is 11.3 Å². The van der Waals surface area contributed by atoms with Gasteiger partial charge in [0.1, 0.15) is 4.88 Å². The van der Waals surface area contributed by atoms with Gasteiger partial charge >= 0.3 is 0 Å². The van der Waals surface area contributed by atoms with Crippen LogP contribution in [0.2, 0.25) is 0 Å². The van der Waals surface area contributed by atoms with E-state index >= 15 is 0 Å². The summed E-state index contributed by atoms with van der Waals surface area (Å²) < 4.78 is 0. The summed E-state index contributed by atoms with van der Waals surface area (Å²) in [5, 5.41) is 4.03. The Morgan fingerprint density at radius 2 is 2.03 bits per heavy atom. The standard InChI is InChI=1S/C22H30N4O2S/c1-14(2)11-19-24-15(3)20(29-19)22(28)25-18-6-4-5-16(12-18)13-26-9-7-17(8-10-26)21(23)27/h4-6,12,14,17H,7-11,13H2,1-3H3,(H2,23,27)(H,25,28). The molecule has 3 N–H and O–H groups in total. The zero-order chi connectivity index (χ0) is 21.0. The molecule has 0 saturated carbocycles. The van der Waals surface area contributed by atoms with Crippen molar-refractivity contribution >= 4 is 28.8 Å².